The number of rotatable bonds is 6. The maximum atomic E-state index is 12.2. The molecule has 0 aromatic heterocycles. The Morgan fingerprint density at radius 3 is 2.46 bits per heavy atom. The first-order valence-electron chi connectivity index (χ1n) is 7.68. The van der Waals surface area contributed by atoms with Crippen LogP contribution in [0.3, 0.4) is 0 Å². The predicted octanol–water partition coefficient (Wildman–Crippen LogP) is 3.12. The van der Waals surface area contributed by atoms with E-state index in [2.05, 4.69) is 10.1 Å². The largest absolute Gasteiger partial charge is 0.481 e. The number of methoxy groups -OCH3 is 1. The van der Waals surface area contributed by atoms with Crippen molar-refractivity contribution in [2.75, 3.05) is 12.4 Å². The Labute approximate surface area is 141 Å². The molecular weight excluding hydrogens is 306 g/mol. The van der Waals surface area contributed by atoms with Crippen molar-refractivity contribution < 1.29 is 19.1 Å². The van der Waals surface area contributed by atoms with Crippen LogP contribution in [0, 0.1) is 6.92 Å². The van der Waals surface area contributed by atoms with Crippen LogP contribution in [-0.2, 0) is 20.7 Å². The first kappa shape index (κ1) is 17.5. The molecule has 0 aliphatic carbocycles. The van der Waals surface area contributed by atoms with Crippen molar-refractivity contribution in [3.63, 3.8) is 0 Å². The van der Waals surface area contributed by atoms with E-state index in [9.17, 15) is 9.59 Å². The maximum Gasteiger partial charge on any atom is 0.309 e. The molecule has 0 unspecified atom stereocenters. The second-order valence-electron chi connectivity index (χ2n) is 5.52. The van der Waals surface area contributed by atoms with Crippen molar-refractivity contribution in [2.24, 2.45) is 0 Å². The van der Waals surface area contributed by atoms with E-state index in [-0.39, 0.29) is 18.3 Å². The number of benzene rings is 2. The van der Waals surface area contributed by atoms with Crippen LogP contribution >= 0.6 is 0 Å². The molecule has 0 fully saturated rings. The highest BCUT2D eigenvalue weighted by Gasteiger charge is 2.15. The number of amides is 1. The molecule has 0 bridgehead atoms. The van der Waals surface area contributed by atoms with Gasteiger partial charge in [-0.1, -0.05) is 24.3 Å². The maximum absolute atomic E-state index is 12.2. The van der Waals surface area contributed by atoms with Gasteiger partial charge in [-0.15, -0.1) is 0 Å². The minimum atomic E-state index is -0.642. The smallest absolute Gasteiger partial charge is 0.309 e. The summed E-state index contributed by atoms with van der Waals surface area (Å²) in [6.07, 6.45) is -0.433. The number of hydrogen-bond acceptors (Lipinski definition) is 4. The average molecular weight is 327 g/mol. The van der Waals surface area contributed by atoms with Crippen LogP contribution in [0.25, 0.3) is 0 Å². The summed E-state index contributed by atoms with van der Waals surface area (Å²) in [6, 6.07) is 14.6. The van der Waals surface area contributed by atoms with Crippen LogP contribution in [0.15, 0.2) is 48.5 Å². The second kappa shape index (κ2) is 8.15. The highest BCUT2D eigenvalue weighted by atomic mass is 16.5. The predicted molar refractivity (Wildman–Crippen MR) is 92.1 cm³/mol. The van der Waals surface area contributed by atoms with Gasteiger partial charge in [-0.2, -0.15) is 0 Å². The Balaban J connectivity index is 1.92. The molecule has 0 saturated carbocycles. The lowest BCUT2D eigenvalue weighted by Crippen LogP contribution is -2.30. The van der Waals surface area contributed by atoms with Crippen LogP contribution in [0.1, 0.15) is 18.1 Å². The molecule has 0 radical (unpaired) electrons. The standard InChI is InChI=1S/C19H21NO4/c1-13-5-4-6-16(11-13)20-19(22)14(2)24-17-9-7-15(8-10-17)12-18(21)23-3/h4-11,14H,12H2,1-3H3,(H,20,22)/t14-/m1/s1. The van der Waals surface area contributed by atoms with Crippen molar-refractivity contribution in [1.29, 1.82) is 0 Å². The van der Waals surface area contributed by atoms with Gasteiger partial charge in [0.1, 0.15) is 5.75 Å². The van der Waals surface area contributed by atoms with E-state index in [1.807, 2.05) is 31.2 Å². The van der Waals surface area contributed by atoms with Crippen LogP contribution < -0.4 is 10.1 Å². The van der Waals surface area contributed by atoms with E-state index < -0.39 is 6.10 Å². The number of carbonyl (C=O) groups excluding carboxylic acids is 2. The molecule has 0 heterocycles. The number of anilines is 1. The van der Waals surface area contributed by atoms with E-state index >= 15 is 0 Å². The monoisotopic (exact) mass is 327 g/mol. The van der Waals surface area contributed by atoms with Gasteiger partial charge in [0, 0.05) is 5.69 Å². The molecule has 0 saturated heterocycles. The summed E-state index contributed by atoms with van der Waals surface area (Å²) in [5, 5.41) is 2.82. The molecule has 5 nitrogen and oxygen atoms in total. The number of aryl methyl sites for hydroxylation is 1. The third kappa shape index (κ3) is 5.12. The molecule has 0 aliphatic rings. The molecule has 5 heteroatoms. The van der Waals surface area contributed by atoms with E-state index in [0.717, 1.165) is 16.8 Å². The van der Waals surface area contributed by atoms with Crippen molar-refractivity contribution in [2.45, 2.75) is 26.4 Å². The van der Waals surface area contributed by atoms with E-state index in [1.54, 1.807) is 31.2 Å². The lowest BCUT2D eigenvalue weighted by molar-refractivity contribution is -0.139. The summed E-state index contributed by atoms with van der Waals surface area (Å²) < 4.78 is 10.3. The Morgan fingerprint density at radius 2 is 1.83 bits per heavy atom. The highest BCUT2D eigenvalue weighted by Crippen LogP contribution is 2.16. The molecular formula is C19H21NO4. The first-order chi connectivity index (χ1) is 11.5. The lowest BCUT2D eigenvalue weighted by atomic mass is 10.1. The van der Waals surface area contributed by atoms with E-state index in [1.165, 1.54) is 7.11 Å². The van der Waals surface area contributed by atoms with E-state index in [4.69, 9.17) is 4.74 Å². The van der Waals surface area contributed by atoms with Gasteiger partial charge in [0.15, 0.2) is 6.10 Å². The number of hydrogen-bond donors (Lipinski definition) is 1. The fraction of sp³-hybridized carbons (Fsp3) is 0.263. The minimum absolute atomic E-state index is 0.209. The molecule has 126 valence electrons. The zero-order chi connectivity index (χ0) is 17.5. The third-order valence-corrected chi connectivity index (χ3v) is 3.47. The van der Waals surface area contributed by atoms with Gasteiger partial charge in [-0.25, -0.2) is 0 Å². The summed E-state index contributed by atoms with van der Waals surface area (Å²) in [4.78, 5) is 23.4. The van der Waals surface area contributed by atoms with Gasteiger partial charge < -0.3 is 14.8 Å². The molecule has 2 aromatic carbocycles. The molecule has 1 N–H and O–H groups in total. The van der Waals surface area contributed by atoms with Crippen molar-refractivity contribution in [3.05, 3.63) is 59.7 Å². The molecule has 2 aromatic rings. The summed E-state index contributed by atoms with van der Waals surface area (Å²) in [5.41, 5.74) is 2.64. The van der Waals surface area contributed by atoms with Gasteiger partial charge in [0.05, 0.1) is 13.5 Å². The van der Waals surface area contributed by atoms with Crippen LogP contribution in [0.2, 0.25) is 0 Å². The lowest BCUT2D eigenvalue weighted by Gasteiger charge is -2.15. The molecule has 1 atom stereocenters. The molecule has 0 spiro atoms. The molecule has 24 heavy (non-hydrogen) atoms. The van der Waals surface area contributed by atoms with Crippen molar-refractivity contribution in [1.82, 2.24) is 0 Å². The van der Waals surface area contributed by atoms with Crippen molar-refractivity contribution >= 4 is 17.6 Å². The van der Waals surface area contributed by atoms with Gasteiger partial charge >= 0.3 is 5.97 Å². The fourth-order valence-electron chi connectivity index (χ4n) is 2.15. The number of esters is 1. The molecule has 1 amide bonds. The minimum Gasteiger partial charge on any atom is -0.481 e. The van der Waals surface area contributed by atoms with Crippen LogP contribution in [0.5, 0.6) is 5.75 Å². The second-order valence-corrected chi connectivity index (χ2v) is 5.52. The van der Waals surface area contributed by atoms with Crippen LogP contribution in [-0.4, -0.2) is 25.1 Å². The van der Waals surface area contributed by atoms with Gasteiger partial charge in [-0.05, 0) is 49.2 Å². The normalized spacial score (nSPS) is 11.5. The van der Waals surface area contributed by atoms with Crippen LogP contribution in [0.4, 0.5) is 5.69 Å². The first-order valence-corrected chi connectivity index (χ1v) is 7.68. The number of nitrogens with one attached hydrogen (secondary N) is 1. The Morgan fingerprint density at radius 1 is 1.12 bits per heavy atom. The zero-order valence-corrected chi connectivity index (χ0v) is 14.0. The number of carbonyl (C=O) groups is 2. The zero-order valence-electron chi connectivity index (χ0n) is 14.0. The fourth-order valence-corrected chi connectivity index (χ4v) is 2.15. The Hall–Kier alpha value is -2.82. The van der Waals surface area contributed by atoms with Gasteiger partial charge in [-0.3, -0.25) is 9.59 Å². The Kier molecular flexibility index (Phi) is 5.95. The van der Waals surface area contributed by atoms with E-state index in [0.29, 0.717) is 5.75 Å². The summed E-state index contributed by atoms with van der Waals surface area (Å²) in [7, 11) is 1.36. The SMILES string of the molecule is COC(=O)Cc1ccc(O[C@H](C)C(=O)Nc2cccc(C)c2)cc1. The Bertz CT molecular complexity index is 710. The third-order valence-electron chi connectivity index (χ3n) is 3.47. The number of ether oxygens (including phenoxy) is 2. The highest BCUT2D eigenvalue weighted by molar-refractivity contribution is 5.94. The summed E-state index contributed by atoms with van der Waals surface area (Å²) >= 11 is 0. The summed E-state index contributed by atoms with van der Waals surface area (Å²) in [6.45, 7) is 3.65. The van der Waals surface area contributed by atoms with Gasteiger partial charge in [0.25, 0.3) is 5.91 Å². The molecule has 2 rings (SSSR count). The average Bonchev–Trinajstić information content (AvgIpc) is 2.56. The quantitative estimate of drug-likeness (QED) is 0.828. The van der Waals surface area contributed by atoms with Crippen molar-refractivity contribution in [3.8, 4) is 5.75 Å². The molecule has 0 aliphatic heterocycles. The topological polar surface area (TPSA) is 64.6 Å². The summed E-state index contributed by atoms with van der Waals surface area (Å²) in [5.74, 6) is 0.0457. The van der Waals surface area contributed by atoms with Gasteiger partial charge in [0.2, 0.25) is 0 Å².